The van der Waals surface area contributed by atoms with E-state index >= 15 is 0 Å². The van der Waals surface area contributed by atoms with Gasteiger partial charge in [-0.1, -0.05) is 29.8 Å². The lowest BCUT2D eigenvalue weighted by molar-refractivity contribution is -0.137. The number of aromatic nitrogens is 2. The number of halogens is 1. The summed E-state index contributed by atoms with van der Waals surface area (Å²) >= 11 is 6.08. The van der Waals surface area contributed by atoms with E-state index in [-0.39, 0.29) is 18.4 Å². The number of carbonyl (C=O) groups is 2. The fourth-order valence-corrected chi connectivity index (χ4v) is 4.79. The van der Waals surface area contributed by atoms with Crippen molar-refractivity contribution in [1.82, 2.24) is 15.3 Å². The van der Waals surface area contributed by atoms with Crippen LogP contribution in [0.4, 0.5) is 0 Å². The van der Waals surface area contributed by atoms with Crippen molar-refractivity contribution in [3.8, 4) is 23.1 Å². The van der Waals surface area contributed by atoms with Crippen molar-refractivity contribution in [3.63, 3.8) is 0 Å². The number of hydrogen-bond acceptors (Lipinski definition) is 6. The highest BCUT2D eigenvalue weighted by atomic mass is 35.5. The van der Waals surface area contributed by atoms with Crippen molar-refractivity contribution in [2.24, 2.45) is 0 Å². The monoisotopic (exact) mass is 540 g/mol. The SMILES string of the molecule is N#Cc1ccc2c(c1)OCC[C@H]2NC(=O)c1ccc2nc(-c3ccc(Cl)cc3)c(CCCCC(=O)O)nc2c1. The molecule has 1 amide bonds. The smallest absolute Gasteiger partial charge is 0.303 e. The number of benzene rings is 3. The number of carbonyl (C=O) groups excluding carboxylic acids is 1. The van der Waals surface area contributed by atoms with Gasteiger partial charge in [-0.25, -0.2) is 9.97 Å². The minimum Gasteiger partial charge on any atom is -0.493 e. The van der Waals surface area contributed by atoms with Crippen molar-refractivity contribution in [2.45, 2.75) is 38.1 Å². The third-order valence-electron chi connectivity index (χ3n) is 6.66. The van der Waals surface area contributed by atoms with Gasteiger partial charge in [0.05, 0.1) is 46.7 Å². The van der Waals surface area contributed by atoms with E-state index in [1.165, 1.54) is 0 Å². The number of aryl methyl sites for hydroxylation is 1. The fourth-order valence-electron chi connectivity index (χ4n) is 4.66. The molecule has 0 radical (unpaired) electrons. The number of aliphatic carboxylic acids is 1. The molecule has 2 heterocycles. The lowest BCUT2D eigenvalue weighted by atomic mass is 9.98. The summed E-state index contributed by atoms with van der Waals surface area (Å²) in [6.07, 6.45) is 2.43. The molecule has 9 heteroatoms. The largest absolute Gasteiger partial charge is 0.493 e. The van der Waals surface area contributed by atoms with Crippen molar-refractivity contribution in [2.75, 3.05) is 6.61 Å². The zero-order valence-electron chi connectivity index (χ0n) is 21.0. The topological polar surface area (TPSA) is 125 Å². The molecule has 0 aliphatic carbocycles. The summed E-state index contributed by atoms with van der Waals surface area (Å²) in [6, 6.07) is 19.7. The molecule has 1 aromatic heterocycles. The van der Waals surface area contributed by atoms with Crippen LogP contribution in [0.2, 0.25) is 5.02 Å². The summed E-state index contributed by atoms with van der Waals surface area (Å²) in [5.74, 6) is -0.464. The van der Waals surface area contributed by atoms with Crippen LogP contribution in [0.1, 0.15) is 58.9 Å². The fraction of sp³-hybridized carbons (Fsp3) is 0.233. The summed E-state index contributed by atoms with van der Waals surface area (Å²) in [6.45, 7) is 0.439. The van der Waals surface area contributed by atoms with Crippen molar-refractivity contribution in [1.29, 1.82) is 5.26 Å². The normalized spacial score (nSPS) is 14.2. The molecule has 0 fully saturated rings. The van der Waals surface area contributed by atoms with Gasteiger partial charge in [0.25, 0.3) is 5.91 Å². The molecule has 196 valence electrons. The van der Waals surface area contributed by atoms with Gasteiger partial charge in [0.1, 0.15) is 5.75 Å². The molecule has 1 aliphatic rings. The second kappa shape index (κ2) is 11.5. The molecule has 1 aliphatic heterocycles. The van der Waals surface area contributed by atoms with Crippen LogP contribution in [-0.2, 0) is 11.2 Å². The van der Waals surface area contributed by atoms with Gasteiger partial charge in [-0.05, 0) is 61.7 Å². The van der Waals surface area contributed by atoms with Crippen LogP contribution in [0.5, 0.6) is 5.75 Å². The Bertz CT molecular complexity index is 1600. The third-order valence-corrected chi connectivity index (χ3v) is 6.91. The standard InChI is InChI=1S/C30H25ClN4O4/c31-21-9-6-19(7-10-21)29-25(3-1-2-4-28(36)37)33-26-16-20(8-12-24(26)34-29)30(38)35-23-13-14-39-27-15-18(17-32)5-11-22(23)27/h5-12,15-16,23H,1-4,13-14H2,(H,35,38)(H,36,37)/t23-/m1/s1. The summed E-state index contributed by atoms with van der Waals surface area (Å²) in [7, 11) is 0. The number of amides is 1. The van der Waals surface area contributed by atoms with Crippen LogP contribution in [0, 0.1) is 11.3 Å². The number of nitrogens with zero attached hydrogens (tertiary/aromatic N) is 3. The Labute approximate surface area is 230 Å². The van der Waals surface area contributed by atoms with E-state index in [4.69, 9.17) is 36.7 Å². The summed E-state index contributed by atoms with van der Waals surface area (Å²) in [5, 5.41) is 21.9. The average molecular weight is 541 g/mol. The molecule has 2 N–H and O–H groups in total. The number of fused-ring (bicyclic) bond motifs is 2. The molecule has 0 saturated carbocycles. The lowest BCUT2D eigenvalue weighted by Crippen LogP contribution is -2.32. The summed E-state index contributed by atoms with van der Waals surface area (Å²) < 4.78 is 5.70. The minimum absolute atomic E-state index is 0.0920. The first kappa shape index (κ1) is 26.1. The molecular weight excluding hydrogens is 516 g/mol. The Morgan fingerprint density at radius 2 is 1.87 bits per heavy atom. The summed E-state index contributed by atoms with van der Waals surface area (Å²) in [5.41, 5.74) is 5.33. The van der Waals surface area contributed by atoms with Crippen LogP contribution in [0.15, 0.2) is 60.7 Å². The van der Waals surface area contributed by atoms with E-state index in [0.29, 0.717) is 70.9 Å². The Kier molecular flexibility index (Phi) is 7.71. The molecule has 3 aromatic carbocycles. The molecular formula is C30H25ClN4O4. The predicted octanol–water partition coefficient (Wildman–Crippen LogP) is 5.87. The van der Waals surface area contributed by atoms with Gasteiger partial charge in [0.15, 0.2) is 0 Å². The second-order valence-electron chi connectivity index (χ2n) is 9.36. The Hall–Kier alpha value is -4.48. The van der Waals surface area contributed by atoms with Crippen LogP contribution >= 0.6 is 11.6 Å². The summed E-state index contributed by atoms with van der Waals surface area (Å²) in [4.78, 5) is 33.9. The van der Waals surface area contributed by atoms with E-state index < -0.39 is 5.97 Å². The van der Waals surface area contributed by atoms with Crippen LogP contribution in [0.3, 0.4) is 0 Å². The first-order valence-electron chi connectivity index (χ1n) is 12.7. The first-order valence-corrected chi connectivity index (χ1v) is 13.0. The number of nitrogens with one attached hydrogen (secondary N) is 1. The zero-order valence-corrected chi connectivity index (χ0v) is 21.7. The van der Waals surface area contributed by atoms with Gasteiger partial charge in [-0.15, -0.1) is 0 Å². The Morgan fingerprint density at radius 1 is 1.05 bits per heavy atom. The highest BCUT2D eigenvalue weighted by molar-refractivity contribution is 6.30. The third kappa shape index (κ3) is 6.00. The zero-order chi connectivity index (χ0) is 27.4. The van der Waals surface area contributed by atoms with Gasteiger partial charge in [0, 0.05) is 34.6 Å². The maximum absolute atomic E-state index is 13.2. The Morgan fingerprint density at radius 3 is 2.64 bits per heavy atom. The molecule has 39 heavy (non-hydrogen) atoms. The van der Waals surface area contributed by atoms with Crippen molar-refractivity contribution >= 4 is 34.5 Å². The molecule has 1 atom stereocenters. The number of ether oxygens (including phenoxy) is 1. The highest BCUT2D eigenvalue weighted by Gasteiger charge is 2.24. The number of unbranched alkanes of at least 4 members (excludes halogenated alkanes) is 1. The van der Waals surface area contributed by atoms with Gasteiger partial charge < -0.3 is 15.2 Å². The molecule has 5 rings (SSSR count). The average Bonchev–Trinajstić information content (AvgIpc) is 2.94. The molecule has 0 bridgehead atoms. The molecule has 0 saturated heterocycles. The van der Waals surface area contributed by atoms with E-state index in [1.807, 2.05) is 18.2 Å². The van der Waals surface area contributed by atoms with E-state index in [9.17, 15) is 9.59 Å². The van der Waals surface area contributed by atoms with E-state index in [0.717, 1.165) is 16.8 Å². The highest BCUT2D eigenvalue weighted by Crippen LogP contribution is 2.33. The van der Waals surface area contributed by atoms with Gasteiger partial charge in [0.2, 0.25) is 0 Å². The maximum Gasteiger partial charge on any atom is 0.303 e. The number of carboxylic acid groups (broad SMARTS) is 1. The van der Waals surface area contributed by atoms with Gasteiger partial charge in [-0.2, -0.15) is 5.26 Å². The maximum atomic E-state index is 13.2. The quantitative estimate of drug-likeness (QED) is 0.267. The molecule has 0 spiro atoms. The number of carboxylic acids is 1. The van der Waals surface area contributed by atoms with E-state index in [2.05, 4.69) is 11.4 Å². The minimum atomic E-state index is -0.828. The second-order valence-corrected chi connectivity index (χ2v) is 9.79. The molecule has 8 nitrogen and oxygen atoms in total. The lowest BCUT2D eigenvalue weighted by Gasteiger charge is -2.27. The number of rotatable bonds is 8. The van der Waals surface area contributed by atoms with Crippen LogP contribution in [0.25, 0.3) is 22.3 Å². The number of nitriles is 1. The molecule has 0 unspecified atom stereocenters. The Balaban J connectivity index is 1.43. The van der Waals surface area contributed by atoms with Crippen molar-refractivity contribution < 1.29 is 19.4 Å². The van der Waals surface area contributed by atoms with Gasteiger partial charge >= 0.3 is 5.97 Å². The van der Waals surface area contributed by atoms with E-state index in [1.54, 1.807) is 42.5 Å². The first-order chi connectivity index (χ1) is 18.9. The van der Waals surface area contributed by atoms with Crippen molar-refractivity contribution in [3.05, 3.63) is 88.1 Å². The number of hydrogen-bond donors (Lipinski definition) is 2. The van der Waals surface area contributed by atoms with Crippen LogP contribution < -0.4 is 10.1 Å². The van der Waals surface area contributed by atoms with Gasteiger partial charge in [-0.3, -0.25) is 9.59 Å². The molecule has 4 aromatic rings. The predicted molar refractivity (Wildman–Crippen MR) is 147 cm³/mol. The van der Waals surface area contributed by atoms with Crippen LogP contribution in [-0.4, -0.2) is 33.6 Å².